The molecule has 0 aliphatic carbocycles. The second kappa shape index (κ2) is 6.36. The minimum atomic E-state index is -0.595. The van der Waals surface area contributed by atoms with Gasteiger partial charge in [0.1, 0.15) is 4.88 Å². The summed E-state index contributed by atoms with van der Waals surface area (Å²) in [6.45, 7) is 1.80. The molecule has 0 saturated carbocycles. The summed E-state index contributed by atoms with van der Waals surface area (Å²) in [6, 6.07) is 2.93. The average Bonchev–Trinajstić information content (AvgIpc) is 2.86. The number of nitrogens with one attached hydrogen (secondary N) is 1. The third kappa shape index (κ3) is 3.23. The number of rotatable bonds is 3. The van der Waals surface area contributed by atoms with Gasteiger partial charge in [-0.1, -0.05) is 0 Å². The Morgan fingerprint density at radius 1 is 1.43 bits per heavy atom. The van der Waals surface area contributed by atoms with E-state index in [2.05, 4.69) is 20.3 Å². The molecule has 0 aliphatic rings. The topological polar surface area (TPSA) is 164 Å². The molecule has 0 bridgehead atoms. The predicted octanol–water partition coefficient (Wildman–Crippen LogP) is -0.638. The van der Waals surface area contributed by atoms with Crippen LogP contribution in [0, 0.1) is 6.92 Å². The highest BCUT2D eigenvalue weighted by atomic mass is 32.1. The summed E-state index contributed by atoms with van der Waals surface area (Å²) in [5.41, 5.74) is 6.08. The fourth-order valence-electron chi connectivity index (χ4n) is 1.82. The quantitative estimate of drug-likeness (QED) is 0.329. The maximum atomic E-state index is 12.3. The van der Waals surface area contributed by atoms with Crippen LogP contribution in [0.4, 0.5) is 11.4 Å². The number of hydrogen-bond donors (Lipinski definition) is 4. The van der Waals surface area contributed by atoms with Crippen LogP contribution in [0.3, 0.4) is 0 Å². The van der Waals surface area contributed by atoms with Gasteiger partial charge in [-0.25, -0.2) is 4.79 Å². The average molecular weight is 337 g/mol. The first kappa shape index (κ1) is 16.3. The van der Waals surface area contributed by atoms with Crippen molar-refractivity contribution in [3.05, 3.63) is 33.1 Å². The maximum absolute atomic E-state index is 12.3. The maximum Gasteiger partial charge on any atom is 0.350 e. The Bertz CT molecular complexity index is 813. The van der Waals surface area contributed by atoms with E-state index in [1.165, 1.54) is 24.5 Å². The number of esters is 1. The van der Waals surface area contributed by atoms with Gasteiger partial charge < -0.3 is 27.5 Å². The van der Waals surface area contributed by atoms with Gasteiger partial charge in [-0.15, -0.1) is 16.4 Å². The predicted molar refractivity (Wildman–Crippen MR) is 84.9 cm³/mol. The molecule has 0 radical (unpaired) electrons. The first-order valence-corrected chi connectivity index (χ1v) is 7.08. The molecule has 2 heterocycles. The second-order valence-corrected chi connectivity index (χ2v) is 5.68. The van der Waals surface area contributed by atoms with Gasteiger partial charge in [0.2, 0.25) is 5.49 Å². The lowest BCUT2D eigenvalue weighted by Crippen LogP contribution is -2.35. The molecular weight excluding hydrogens is 322 g/mol. The third-order valence-electron chi connectivity index (χ3n) is 2.81. The van der Waals surface area contributed by atoms with Gasteiger partial charge >= 0.3 is 5.97 Å². The number of thiophene rings is 1. The van der Waals surface area contributed by atoms with Crippen molar-refractivity contribution in [1.82, 2.24) is 9.89 Å². The molecule has 0 aliphatic heterocycles. The Morgan fingerprint density at radius 3 is 2.70 bits per heavy atom. The number of methoxy groups -OCH3 is 1. The number of nitrogens with two attached hydrogens (primary N) is 3. The summed E-state index contributed by atoms with van der Waals surface area (Å²) >= 11 is 1.20. The van der Waals surface area contributed by atoms with Crippen LogP contribution >= 0.6 is 11.3 Å². The number of aromatic nitrogens is 2. The Hall–Kier alpha value is -3.08. The van der Waals surface area contributed by atoms with Gasteiger partial charge in [-0.3, -0.25) is 4.79 Å². The molecule has 7 N–H and O–H groups in total. The smallest absolute Gasteiger partial charge is 0.350 e. The Kier molecular flexibility index (Phi) is 4.50. The van der Waals surface area contributed by atoms with Gasteiger partial charge in [-0.05, 0) is 19.1 Å². The van der Waals surface area contributed by atoms with E-state index in [4.69, 9.17) is 17.4 Å². The fraction of sp³-hybridized carbons (Fsp3) is 0.167. The molecule has 0 saturated heterocycles. The number of carbonyl (C=O) groups excluding carboxylic acids is 2. The zero-order chi connectivity index (χ0) is 17.1. The number of ether oxygens (including phenoxy) is 1. The molecule has 0 fully saturated rings. The van der Waals surface area contributed by atoms with E-state index in [-0.39, 0.29) is 21.7 Å². The molecule has 0 unspecified atom stereocenters. The molecule has 2 aromatic rings. The van der Waals surface area contributed by atoms with Gasteiger partial charge in [0.05, 0.1) is 18.5 Å². The minimum absolute atomic E-state index is 0.0307. The Balaban J connectivity index is 2.35. The van der Waals surface area contributed by atoms with E-state index >= 15 is 0 Å². The highest BCUT2D eigenvalue weighted by Crippen LogP contribution is 2.27. The molecule has 2 aromatic heterocycles. The van der Waals surface area contributed by atoms with Crippen LogP contribution in [-0.4, -0.2) is 28.9 Å². The van der Waals surface area contributed by atoms with Crippen LogP contribution < -0.4 is 28.2 Å². The lowest BCUT2D eigenvalue weighted by atomic mass is 10.3. The molecule has 11 heteroatoms. The molecule has 0 aromatic carbocycles. The monoisotopic (exact) mass is 337 g/mol. The molecule has 23 heavy (non-hydrogen) atoms. The number of carbonyl (C=O) groups is 2. The normalized spacial score (nSPS) is 11.3. The number of nitrogen functional groups attached to an aromatic ring is 2. The minimum Gasteiger partial charge on any atom is -0.465 e. The number of amides is 1. The zero-order valence-corrected chi connectivity index (χ0v) is 13.2. The summed E-state index contributed by atoms with van der Waals surface area (Å²) < 4.78 is 4.68. The molecular formula is C12H15N7O3S. The van der Waals surface area contributed by atoms with Crippen molar-refractivity contribution in [2.45, 2.75) is 6.92 Å². The highest BCUT2D eigenvalue weighted by molar-refractivity contribution is 7.14. The molecule has 122 valence electrons. The van der Waals surface area contributed by atoms with E-state index in [1.54, 1.807) is 13.0 Å². The molecule has 10 nitrogen and oxygen atoms in total. The zero-order valence-electron chi connectivity index (χ0n) is 12.4. The van der Waals surface area contributed by atoms with Gasteiger partial charge in [0.25, 0.3) is 5.91 Å². The summed E-state index contributed by atoms with van der Waals surface area (Å²) in [4.78, 5) is 25.9. The summed E-state index contributed by atoms with van der Waals surface area (Å²) in [7, 11) is 1.26. The summed E-state index contributed by atoms with van der Waals surface area (Å²) in [5.74, 6) is 9.55. The Labute approximate surface area is 134 Å². The van der Waals surface area contributed by atoms with E-state index in [0.717, 1.165) is 9.67 Å². The Morgan fingerprint density at radius 2 is 2.13 bits per heavy atom. The van der Waals surface area contributed by atoms with Crippen LogP contribution in [0.25, 0.3) is 0 Å². The van der Waals surface area contributed by atoms with Crippen molar-refractivity contribution in [3.8, 4) is 0 Å². The van der Waals surface area contributed by atoms with Crippen molar-refractivity contribution >= 4 is 34.6 Å². The van der Waals surface area contributed by atoms with Crippen molar-refractivity contribution in [2.24, 2.45) is 10.9 Å². The van der Waals surface area contributed by atoms with Crippen LogP contribution in [-0.2, 0) is 4.74 Å². The van der Waals surface area contributed by atoms with Crippen molar-refractivity contribution in [2.75, 3.05) is 24.0 Å². The summed E-state index contributed by atoms with van der Waals surface area (Å²) in [6.07, 6.45) is 0. The first-order chi connectivity index (χ1) is 10.9. The van der Waals surface area contributed by atoms with E-state index in [9.17, 15) is 9.59 Å². The van der Waals surface area contributed by atoms with Crippen molar-refractivity contribution in [3.63, 3.8) is 0 Å². The van der Waals surface area contributed by atoms with Gasteiger partial charge in [0, 0.05) is 4.88 Å². The largest absolute Gasteiger partial charge is 0.465 e. The van der Waals surface area contributed by atoms with Crippen molar-refractivity contribution in [1.29, 1.82) is 0 Å². The third-order valence-corrected chi connectivity index (χ3v) is 3.84. The molecule has 0 atom stereocenters. The van der Waals surface area contributed by atoms with Gasteiger partial charge in [-0.2, -0.15) is 9.89 Å². The standard InChI is InChI=1S/C12H15N7O3S/c1-5-3-7(9(23-5)12(21)22-2)16-11(20)8-4-6(13)10(17-14)19(15)18-8/h3-4H,13-15H2,1-2H3,(H,16,20)/b17-10-. The number of hydrogen-bond acceptors (Lipinski definition) is 9. The van der Waals surface area contributed by atoms with Gasteiger partial charge in [0.15, 0.2) is 5.69 Å². The number of aryl methyl sites for hydroxylation is 1. The molecule has 2 rings (SSSR count). The SMILES string of the molecule is COC(=O)c1sc(C)cc1NC(=O)c1cc(N)/c(=N/N)n(N)n1. The van der Waals surface area contributed by atoms with Crippen LogP contribution in [0.5, 0.6) is 0 Å². The summed E-state index contributed by atoms with van der Waals surface area (Å²) in [5, 5.41) is 9.76. The van der Waals surface area contributed by atoms with Crippen LogP contribution in [0.1, 0.15) is 25.0 Å². The second-order valence-electron chi connectivity index (χ2n) is 4.43. The lowest BCUT2D eigenvalue weighted by Gasteiger charge is -2.07. The van der Waals surface area contributed by atoms with E-state index in [0.29, 0.717) is 5.69 Å². The van der Waals surface area contributed by atoms with E-state index < -0.39 is 11.9 Å². The molecule has 0 spiro atoms. The van der Waals surface area contributed by atoms with Crippen LogP contribution in [0.15, 0.2) is 17.2 Å². The first-order valence-electron chi connectivity index (χ1n) is 6.26. The molecule has 1 amide bonds. The van der Waals surface area contributed by atoms with Crippen LogP contribution in [0.2, 0.25) is 0 Å². The number of anilines is 2. The van der Waals surface area contributed by atoms with Crippen molar-refractivity contribution < 1.29 is 14.3 Å². The number of nitrogens with zero attached hydrogens (tertiary/aromatic N) is 3. The fourth-order valence-corrected chi connectivity index (χ4v) is 2.70. The van der Waals surface area contributed by atoms with E-state index in [1.807, 2.05) is 0 Å². The highest BCUT2D eigenvalue weighted by Gasteiger charge is 2.19. The lowest BCUT2D eigenvalue weighted by molar-refractivity contribution is 0.0607.